The number of nitrogens with zero attached hydrogens (tertiary/aromatic N) is 1. The summed E-state index contributed by atoms with van der Waals surface area (Å²) in [5.74, 6) is -0.981. The molecule has 3 rings (SSSR count). The quantitative estimate of drug-likeness (QED) is 0.726. The first-order chi connectivity index (χ1) is 10.0. The van der Waals surface area contributed by atoms with Crippen molar-refractivity contribution >= 4 is 22.3 Å². The van der Waals surface area contributed by atoms with Gasteiger partial charge in [-0.2, -0.15) is 0 Å². The van der Waals surface area contributed by atoms with Crippen LogP contribution in [0.1, 0.15) is 15.2 Å². The van der Waals surface area contributed by atoms with Gasteiger partial charge in [0.1, 0.15) is 16.4 Å². The number of hydrogen-bond donors (Lipinski definition) is 2. The minimum atomic E-state index is -0.504. The van der Waals surface area contributed by atoms with E-state index in [9.17, 15) is 14.3 Å². The summed E-state index contributed by atoms with van der Waals surface area (Å²) in [6.07, 6.45) is 0. The van der Waals surface area contributed by atoms with E-state index in [2.05, 4.69) is 4.98 Å². The zero-order valence-electron chi connectivity index (χ0n) is 10.5. The second kappa shape index (κ2) is 5.02. The van der Waals surface area contributed by atoms with Crippen LogP contribution < -0.4 is 5.73 Å². The number of nitrogen functional groups attached to an aromatic ring is 1. The molecule has 3 N–H and O–H groups in total. The van der Waals surface area contributed by atoms with E-state index in [1.165, 1.54) is 30.3 Å². The van der Waals surface area contributed by atoms with Gasteiger partial charge in [-0.25, -0.2) is 9.37 Å². The average Bonchev–Trinajstić information content (AvgIpc) is 3.04. The summed E-state index contributed by atoms with van der Waals surface area (Å²) in [4.78, 5) is 16.7. The number of nitrogens with two attached hydrogens (primary N) is 1. The van der Waals surface area contributed by atoms with E-state index in [0.717, 1.165) is 17.4 Å². The van der Waals surface area contributed by atoms with Crippen molar-refractivity contribution in [3.05, 3.63) is 52.7 Å². The standard InChI is InChI=1S/C14H9FN2O3S/c15-8-3-1-2-7(6-8)12(19)13-11(17-14(16)21-13)9-4-5-10(18)20-9/h1-6,18H,(H2,16,17). The fourth-order valence-corrected chi connectivity index (χ4v) is 2.67. The predicted octanol–water partition coefficient (Wildman–Crippen LogP) is 3.06. The van der Waals surface area contributed by atoms with Crippen LogP contribution in [0.3, 0.4) is 0 Å². The number of rotatable bonds is 3. The van der Waals surface area contributed by atoms with Gasteiger partial charge in [-0.1, -0.05) is 23.5 Å². The van der Waals surface area contributed by atoms with Gasteiger partial charge in [0.25, 0.3) is 5.95 Å². The number of halogens is 1. The molecule has 0 saturated heterocycles. The molecule has 7 heteroatoms. The molecule has 1 aromatic carbocycles. The molecule has 0 amide bonds. The van der Waals surface area contributed by atoms with Gasteiger partial charge in [-0.05, 0) is 18.2 Å². The summed E-state index contributed by atoms with van der Waals surface area (Å²) in [6, 6.07) is 8.16. The van der Waals surface area contributed by atoms with Crippen LogP contribution in [0.5, 0.6) is 5.95 Å². The van der Waals surface area contributed by atoms with Crippen LogP contribution in [0.15, 0.2) is 40.8 Å². The lowest BCUT2D eigenvalue weighted by molar-refractivity contribution is 0.104. The maximum Gasteiger partial charge on any atom is 0.282 e. The molecule has 2 aromatic heterocycles. The molecule has 5 nitrogen and oxygen atoms in total. The van der Waals surface area contributed by atoms with E-state index in [1.54, 1.807) is 0 Å². The third-order valence-electron chi connectivity index (χ3n) is 2.76. The Morgan fingerprint density at radius 2 is 2.14 bits per heavy atom. The zero-order valence-corrected chi connectivity index (χ0v) is 11.4. The Labute approximate surface area is 122 Å². The molecule has 0 bridgehead atoms. The van der Waals surface area contributed by atoms with Gasteiger partial charge in [-0.15, -0.1) is 0 Å². The smallest absolute Gasteiger partial charge is 0.282 e. The van der Waals surface area contributed by atoms with Crippen LogP contribution in [0.25, 0.3) is 11.5 Å². The van der Waals surface area contributed by atoms with E-state index in [1.807, 2.05) is 0 Å². The summed E-state index contributed by atoms with van der Waals surface area (Å²) >= 11 is 0.980. The number of furan rings is 1. The number of anilines is 1. The first kappa shape index (κ1) is 13.3. The first-order valence-corrected chi connectivity index (χ1v) is 6.72. The van der Waals surface area contributed by atoms with Crippen molar-refractivity contribution in [2.24, 2.45) is 0 Å². The van der Waals surface area contributed by atoms with Gasteiger partial charge >= 0.3 is 0 Å². The Balaban J connectivity index is 2.08. The second-order valence-electron chi connectivity index (χ2n) is 4.21. The monoisotopic (exact) mass is 304 g/mol. The number of carbonyl (C=O) groups is 1. The van der Waals surface area contributed by atoms with Crippen LogP contribution in [0, 0.1) is 5.82 Å². The van der Waals surface area contributed by atoms with Gasteiger partial charge in [0.2, 0.25) is 5.78 Å². The number of aromatic nitrogens is 1. The van der Waals surface area contributed by atoms with Crippen LogP contribution in [0.2, 0.25) is 0 Å². The maximum absolute atomic E-state index is 13.2. The summed E-state index contributed by atoms with van der Waals surface area (Å²) in [5, 5.41) is 9.43. The lowest BCUT2D eigenvalue weighted by Gasteiger charge is -2.00. The Morgan fingerprint density at radius 3 is 2.81 bits per heavy atom. The molecule has 2 heterocycles. The van der Waals surface area contributed by atoms with E-state index < -0.39 is 11.6 Å². The number of hydrogen-bond acceptors (Lipinski definition) is 6. The lowest BCUT2D eigenvalue weighted by atomic mass is 10.1. The largest absolute Gasteiger partial charge is 0.481 e. The van der Waals surface area contributed by atoms with Gasteiger partial charge in [0.05, 0.1) is 0 Å². The van der Waals surface area contributed by atoms with Crippen molar-refractivity contribution in [2.45, 2.75) is 0 Å². The van der Waals surface area contributed by atoms with Crippen LogP contribution in [-0.2, 0) is 0 Å². The van der Waals surface area contributed by atoms with Crippen LogP contribution in [-0.4, -0.2) is 15.9 Å². The summed E-state index contributed by atoms with van der Waals surface area (Å²) in [6.45, 7) is 0. The molecule has 21 heavy (non-hydrogen) atoms. The fraction of sp³-hybridized carbons (Fsp3) is 0. The Hall–Kier alpha value is -2.67. The summed E-state index contributed by atoms with van der Waals surface area (Å²) in [5.41, 5.74) is 6.07. The topological polar surface area (TPSA) is 89.3 Å². The molecule has 0 unspecified atom stereocenters. The molecule has 0 aliphatic carbocycles. The maximum atomic E-state index is 13.2. The lowest BCUT2D eigenvalue weighted by Crippen LogP contribution is -2.01. The normalized spacial score (nSPS) is 10.7. The van der Waals surface area contributed by atoms with Crippen molar-refractivity contribution in [3.63, 3.8) is 0 Å². The third-order valence-corrected chi connectivity index (χ3v) is 3.65. The highest BCUT2D eigenvalue weighted by atomic mass is 32.1. The molecule has 3 aromatic rings. The fourth-order valence-electron chi connectivity index (χ4n) is 1.87. The number of aromatic hydroxyl groups is 1. The van der Waals surface area contributed by atoms with Crippen LogP contribution in [0.4, 0.5) is 9.52 Å². The van der Waals surface area contributed by atoms with Crippen molar-refractivity contribution < 1.29 is 18.7 Å². The van der Waals surface area contributed by atoms with Gasteiger partial charge in [0.15, 0.2) is 10.9 Å². The van der Waals surface area contributed by atoms with E-state index in [0.29, 0.717) is 0 Å². The third kappa shape index (κ3) is 2.50. The molecule has 0 aliphatic rings. The predicted molar refractivity (Wildman–Crippen MR) is 75.7 cm³/mol. The van der Waals surface area contributed by atoms with Crippen molar-refractivity contribution in [1.82, 2.24) is 4.98 Å². The molecule has 0 aliphatic heterocycles. The number of thiazole rings is 1. The Morgan fingerprint density at radius 1 is 1.33 bits per heavy atom. The Bertz CT molecular complexity index is 825. The van der Waals surface area contributed by atoms with Crippen molar-refractivity contribution in [3.8, 4) is 17.4 Å². The molecule has 0 fully saturated rings. The molecule has 106 valence electrons. The molecule has 0 radical (unpaired) electrons. The molecule has 0 saturated carbocycles. The SMILES string of the molecule is Nc1nc(-c2ccc(O)o2)c(C(=O)c2cccc(F)c2)s1. The molecular formula is C14H9FN2O3S. The summed E-state index contributed by atoms with van der Waals surface area (Å²) < 4.78 is 18.3. The van der Waals surface area contributed by atoms with E-state index >= 15 is 0 Å². The van der Waals surface area contributed by atoms with Crippen LogP contribution >= 0.6 is 11.3 Å². The van der Waals surface area contributed by atoms with Gasteiger partial charge in [0, 0.05) is 11.6 Å². The molecular weight excluding hydrogens is 295 g/mol. The van der Waals surface area contributed by atoms with Gasteiger partial charge in [-0.3, -0.25) is 4.79 Å². The number of benzene rings is 1. The minimum Gasteiger partial charge on any atom is -0.481 e. The average molecular weight is 304 g/mol. The summed E-state index contributed by atoms with van der Waals surface area (Å²) in [7, 11) is 0. The Kier molecular flexibility index (Phi) is 3.19. The number of ketones is 1. The van der Waals surface area contributed by atoms with E-state index in [-0.39, 0.29) is 33.0 Å². The molecule has 0 atom stereocenters. The minimum absolute atomic E-state index is 0.181. The zero-order chi connectivity index (χ0) is 15.0. The highest BCUT2D eigenvalue weighted by Gasteiger charge is 2.22. The second-order valence-corrected chi connectivity index (χ2v) is 5.24. The van der Waals surface area contributed by atoms with Crippen molar-refractivity contribution in [1.29, 1.82) is 0 Å². The van der Waals surface area contributed by atoms with Gasteiger partial charge < -0.3 is 15.3 Å². The number of carbonyl (C=O) groups excluding carboxylic acids is 1. The van der Waals surface area contributed by atoms with E-state index in [4.69, 9.17) is 10.2 Å². The van der Waals surface area contributed by atoms with Crippen molar-refractivity contribution in [2.75, 3.05) is 5.73 Å². The highest BCUT2D eigenvalue weighted by Crippen LogP contribution is 2.33. The molecule has 0 spiro atoms. The first-order valence-electron chi connectivity index (χ1n) is 5.90. The highest BCUT2D eigenvalue weighted by molar-refractivity contribution is 7.18.